The molecule has 1 fully saturated rings. The van der Waals surface area contributed by atoms with Gasteiger partial charge in [-0.25, -0.2) is 0 Å². The van der Waals surface area contributed by atoms with Crippen LogP contribution in [0.5, 0.6) is 0 Å². The van der Waals surface area contributed by atoms with Crippen molar-refractivity contribution in [3.05, 3.63) is 57.8 Å². The Bertz CT molecular complexity index is 722. The van der Waals surface area contributed by atoms with Crippen molar-refractivity contribution in [2.75, 3.05) is 13.1 Å². The molecule has 0 saturated heterocycles. The fourth-order valence-corrected chi connectivity index (χ4v) is 5.24. The number of hydrogen-bond donors (Lipinski definition) is 1. The van der Waals surface area contributed by atoms with Gasteiger partial charge >= 0.3 is 0 Å². The summed E-state index contributed by atoms with van der Waals surface area (Å²) in [5.41, 5.74) is 2.90. The first-order valence-electron chi connectivity index (χ1n) is 9.93. The second-order valence-corrected chi connectivity index (χ2v) is 8.58. The molecule has 1 atom stereocenters. The van der Waals surface area contributed by atoms with Crippen LogP contribution in [0.15, 0.2) is 41.8 Å². The average Bonchev–Trinajstić information content (AvgIpc) is 3.23. The van der Waals surface area contributed by atoms with Crippen LogP contribution >= 0.6 is 11.3 Å². The predicted octanol–water partition coefficient (Wildman–Crippen LogP) is 4.54. The highest BCUT2D eigenvalue weighted by Gasteiger charge is 2.27. The van der Waals surface area contributed by atoms with Crippen LogP contribution in [0, 0.1) is 5.92 Å². The van der Waals surface area contributed by atoms with Crippen molar-refractivity contribution in [1.29, 1.82) is 0 Å². The van der Waals surface area contributed by atoms with E-state index in [9.17, 15) is 4.79 Å². The maximum Gasteiger partial charge on any atom is 0.223 e. The smallest absolute Gasteiger partial charge is 0.223 e. The number of carbonyl (C=O) groups is 1. The van der Waals surface area contributed by atoms with E-state index >= 15 is 0 Å². The monoisotopic (exact) mass is 368 g/mol. The summed E-state index contributed by atoms with van der Waals surface area (Å²) in [6.45, 7) is 2.74. The van der Waals surface area contributed by atoms with E-state index in [4.69, 9.17) is 0 Å². The molecule has 2 aliphatic rings. The summed E-state index contributed by atoms with van der Waals surface area (Å²) >= 11 is 1.80. The molecule has 0 spiro atoms. The van der Waals surface area contributed by atoms with Crippen molar-refractivity contribution in [1.82, 2.24) is 10.2 Å². The summed E-state index contributed by atoms with van der Waals surface area (Å²) in [6, 6.07) is 13.4. The van der Waals surface area contributed by atoms with Crippen LogP contribution in [0.25, 0.3) is 0 Å². The molecule has 3 nitrogen and oxygen atoms in total. The van der Waals surface area contributed by atoms with Gasteiger partial charge in [-0.05, 0) is 41.8 Å². The Kier molecular flexibility index (Phi) is 5.71. The van der Waals surface area contributed by atoms with Gasteiger partial charge in [-0.2, -0.15) is 0 Å². The van der Waals surface area contributed by atoms with Gasteiger partial charge in [0.15, 0.2) is 0 Å². The Morgan fingerprint density at radius 2 is 1.92 bits per heavy atom. The van der Waals surface area contributed by atoms with Crippen LogP contribution in [0.1, 0.15) is 54.1 Å². The molecule has 2 aromatic rings. The molecule has 1 amide bonds. The minimum atomic E-state index is 0.231. The SMILES string of the molecule is O=C(NC[C@@H](c1cccs1)N1CCc2ccccc2C1)C1CCCCC1. The van der Waals surface area contributed by atoms with Crippen LogP contribution in [0.2, 0.25) is 0 Å². The number of amides is 1. The molecule has 138 valence electrons. The second kappa shape index (κ2) is 8.36. The number of rotatable bonds is 5. The summed E-state index contributed by atoms with van der Waals surface area (Å²) in [6.07, 6.45) is 6.91. The van der Waals surface area contributed by atoms with Gasteiger partial charge in [-0.15, -0.1) is 11.3 Å². The molecule has 26 heavy (non-hydrogen) atoms. The zero-order valence-electron chi connectivity index (χ0n) is 15.3. The van der Waals surface area contributed by atoms with E-state index in [1.165, 1.54) is 35.3 Å². The maximum atomic E-state index is 12.6. The molecule has 1 aromatic heterocycles. The lowest BCUT2D eigenvalue weighted by molar-refractivity contribution is -0.126. The van der Waals surface area contributed by atoms with E-state index in [0.29, 0.717) is 0 Å². The number of hydrogen-bond acceptors (Lipinski definition) is 3. The molecule has 1 aromatic carbocycles. The van der Waals surface area contributed by atoms with Gasteiger partial charge in [-0.1, -0.05) is 49.6 Å². The number of fused-ring (bicyclic) bond motifs is 1. The Balaban J connectivity index is 1.44. The molecule has 1 aliphatic carbocycles. The van der Waals surface area contributed by atoms with Gasteiger partial charge in [0.2, 0.25) is 5.91 Å². The standard InChI is InChI=1S/C22H28N2OS/c25-22(18-8-2-1-3-9-18)23-15-20(21-11-6-14-26-21)24-13-12-17-7-4-5-10-19(17)16-24/h4-7,10-11,14,18,20H,1-3,8-9,12-13,15-16H2,(H,23,25)/t20-/m0/s1. The third-order valence-electron chi connectivity index (χ3n) is 5.92. The highest BCUT2D eigenvalue weighted by atomic mass is 32.1. The van der Waals surface area contributed by atoms with E-state index in [1.807, 2.05) is 0 Å². The van der Waals surface area contributed by atoms with E-state index in [-0.39, 0.29) is 17.9 Å². The molecule has 0 radical (unpaired) electrons. The van der Waals surface area contributed by atoms with Gasteiger partial charge in [0.25, 0.3) is 0 Å². The zero-order chi connectivity index (χ0) is 17.8. The lowest BCUT2D eigenvalue weighted by atomic mass is 9.88. The normalized spacial score (nSPS) is 19.7. The highest BCUT2D eigenvalue weighted by molar-refractivity contribution is 7.10. The topological polar surface area (TPSA) is 32.3 Å². The Morgan fingerprint density at radius 1 is 1.12 bits per heavy atom. The molecule has 1 N–H and O–H groups in total. The summed E-state index contributed by atoms with van der Waals surface area (Å²) in [7, 11) is 0. The summed E-state index contributed by atoms with van der Waals surface area (Å²) in [5, 5.41) is 5.43. The van der Waals surface area contributed by atoms with Crippen molar-refractivity contribution >= 4 is 17.2 Å². The zero-order valence-corrected chi connectivity index (χ0v) is 16.1. The van der Waals surface area contributed by atoms with Crippen molar-refractivity contribution in [2.45, 2.75) is 51.1 Å². The number of thiophene rings is 1. The largest absolute Gasteiger partial charge is 0.354 e. The van der Waals surface area contributed by atoms with E-state index in [2.05, 4.69) is 52.0 Å². The number of nitrogens with zero attached hydrogens (tertiary/aromatic N) is 1. The molecule has 1 saturated carbocycles. The number of carbonyl (C=O) groups excluding carboxylic acids is 1. The van der Waals surface area contributed by atoms with Crippen molar-refractivity contribution in [3.8, 4) is 0 Å². The Hall–Kier alpha value is -1.65. The first kappa shape index (κ1) is 17.7. The third kappa shape index (κ3) is 4.02. The van der Waals surface area contributed by atoms with Crippen molar-refractivity contribution in [3.63, 3.8) is 0 Å². The van der Waals surface area contributed by atoms with Crippen LogP contribution in [0.4, 0.5) is 0 Å². The summed E-state index contributed by atoms with van der Waals surface area (Å²) in [4.78, 5) is 16.5. The minimum Gasteiger partial charge on any atom is -0.354 e. The van der Waals surface area contributed by atoms with Gasteiger partial charge < -0.3 is 5.32 Å². The minimum absolute atomic E-state index is 0.231. The quantitative estimate of drug-likeness (QED) is 0.840. The maximum absolute atomic E-state index is 12.6. The summed E-state index contributed by atoms with van der Waals surface area (Å²) in [5.74, 6) is 0.499. The molecule has 4 heteroatoms. The Labute approximate surface area is 160 Å². The van der Waals surface area contributed by atoms with E-state index in [0.717, 1.165) is 38.9 Å². The lowest BCUT2D eigenvalue weighted by Crippen LogP contribution is -2.42. The van der Waals surface area contributed by atoms with E-state index < -0.39 is 0 Å². The highest BCUT2D eigenvalue weighted by Crippen LogP contribution is 2.30. The fourth-order valence-electron chi connectivity index (χ4n) is 4.38. The number of benzene rings is 1. The average molecular weight is 369 g/mol. The van der Waals surface area contributed by atoms with E-state index in [1.54, 1.807) is 11.3 Å². The molecule has 0 unspecified atom stereocenters. The fraction of sp³-hybridized carbons (Fsp3) is 0.500. The van der Waals surface area contributed by atoms with Gasteiger partial charge in [-0.3, -0.25) is 9.69 Å². The van der Waals surface area contributed by atoms with Gasteiger partial charge in [0.1, 0.15) is 0 Å². The third-order valence-corrected chi connectivity index (χ3v) is 6.89. The predicted molar refractivity (Wildman–Crippen MR) is 107 cm³/mol. The van der Waals surface area contributed by atoms with Crippen LogP contribution in [0.3, 0.4) is 0 Å². The van der Waals surface area contributed by atoms with Gasteiger partial charge in [0, 0.05) is 30.4 Å². The van der Waals surface area contributed by atoms with Crippen LogP contribution < -0.4 is 5.32 Å². The Morgan fingerprint density at radius 3 is 2.69 bits per heavy atom. The summed E-state index contributed by atoms with van der Waals surface area (Å²) < 4.78 is 0. The van der Waals surface area contributed by atoms with Crippen LogP contribution in [-0.2, 0) is 17.8 Å². The second-order valence-electron chi connectivity index (χ2n) is 7.60. The molecular formula is C22H28N2OS. The van der Waals surface area contributed by atoms with Crippen LogP contribution in [-0.4, -0.2) is 23.9 Å². The van der Waals surface area contributed by atoms with Crippen molar-refractivity contribution < 1.29 is 4.79 Å². The first-order chi connectivity index (χ1) is 12.8. The molecule has 2 heterocycles. The molecule has 1 aliphatic heterocycles. The van der Waals surface area contributed by atoms with Gasteiger partial charge in [0.05, 0.1) is 6.04 Å². The molecule has 4 rings (SSSR count). The number of nitrogens with one attached hydrogen (secondary N) is 1. The molecule has 0 bridgehead atoms. The molecular weight excluding hydrogens is 340 g/mol. The van der Waals surface area contributed by atoms with Crippen molar-refractivity contribution in [2.24, 2.45) is 5.92 Å². The first-order valence-corrected chi connectivity index (χ1v) is 10.8. The lowest BCUT2D eigenvalue weighted by Gasteiger charge is -2.35.